The van der Waals surface area contributed by atoms with E-state index in [1.165, 1.54) is 21.5 Å². The number of ether oxygens (including phenoxy) is 8. The van der Waals surface area contributed by atoms with Crippen molar-refractivity contribution in [3.63, 3.8) is 0 Å². The molecule has 0 bridgehead atoms. The van der Waals surface area contributed by atoms with Gasteiger partial charge < -0.3 is 37.9 Å². The maximum absolute atomic E-state index is 13.6. The lowest BCUT2D eigenvalue weighted by Gasteiger charge is -2.39. The number of aryl methyl sites for hydroxylation is 2. The number of hydrogen-bond donors (Lipinski definition) is 2. The lowest BCUT2D eigenvalue weighted by atomic mass is 9.79. The van der Waals surface area contributed by atoms with Crippen molar-refractivity contribution in [1.82, 2.24) is 19.1 Å². The monoisotopic (exact) mass is 1150 g/mol. The molecule has 2 aromatic heterocycles. The van der Waals surface area contributed by atoms with Crippen LogP contribution in [0.25, 0.3) is 0 Å². The van der Waals surface area contributed by atoms with Crippen LogP contribution in [0.3, 0.4) is 0 Å². The molecule has 4 heterocycles. The van der Waals surface area contributed by atoms with Crippen LogP contribution in [0, 0.1) is 13.8 Å². The van der Waals surface area contributed by atoms with Gasteiger partial charge in [-0.3, -0.25) is 28.7 Å². The Labute approximate surface area is 478 Å². The Kier molecular flexibility index (Phi) is 17.6. The van der Waals surface area contributed by atoms with Crippen LogP contribution in [-0.2, 0) is 51.0 Å². The average Bonchev–Trinajstić information content (AvgIpc) is 4.18. The van der Waals surface area contributed by atoms with Gasteiger partial charge in [-0.25, -0.2) is 9.59 Å². The third kappa shape index (κ3) is 11.8. The molecule has 82 heavy (non-hydrogen) atoms. The van der Waals surface area contributed by atoms with Gasteiger partial charge in [-0.05, 0) is 95.8 Å². The molecular weight excluding hydrogens is 1090 g/mol. The number of aromatic amines is 2. The highest BCUT2D eigenvalue weighted by Gasteiger charge is 2.49. The Morgan fingerprint density at radius 3 is 1.26 bits per heavy atom. The summed E-state index contributed by atoms with van der Waals surface area (Å²) in [6, 6.07) is 50.0. The summed E-state index contributed by atoms with van der Waals surface area (Å²) in [6.07, 6.45) is -2.11. The lowest BCUT2D eigenvalue weighted by molar-refractivity contribution is -0.0988. The number of H-pyrrole nitrogens is 2. The number of rotatable bonds is 22. The topological polar surface area (TPSA) is 202 Å². The lowest BCUT2D eigenvalue weighted by Crippen LogP contribution is -2.41. The van der Waals surface area contributed by atoms with Gasteiger partial charge in [0, 0.05) is 36.4 Å². The van der Waals surface area contributed by atoms with E-state index in [-0.39, 0.29) is 26.1 Å². The molecule has 0 aliphatic carbocycles. The fraction of sp³-hybridized carbons (Fsp3) is 0.290. The zero-order valence-electron chi connectivity index (χ0n) is 45.9. The molecule has 6 aromatic carbocycles. The Hall–Kier alpha value is -7.84. The summed E-state index contributed by atoms with van der Waals surface area (Å²) in [5.41, 5.74) is 0.349. The number of aromatic nitrogens is 4. The molecule has 0 saturated carbocycles. The van der Waals surface area contributed by atoms with Gasteiger partial charge in [0.25, 0.3) is 11.1 Å². The summed E-state index contributed by atoms with van der Waals surface area (Å²) in [5.74, 6) is 2.58. The molecule has 2 saturated heterocycles. The van der Waals surface area contributed by atoms with Crippen molar-refractivity contribution in [2.75, 3.05) is 41.7 Å². The SMILES string of the molecule is COc1ccc(C(OCC2OC(n3cc(C)c(=O)[nH]c3=O)CC2O[P+](=S)OCC2OC(n3cc(C)c(=O)[nH]c3=O)CC2OC(c2ccccc2)(c2ccc(OC)cc2)c2ccc(OC)cc2)(c2ccccc2)c2ccc(OC)cc2)cc1. The van der Waals surface area contributed by atoms with Gasteiger partial charge in [-0.15, -0.1) is 9.05 Å². The van der Waals surface area contributed by atoms with Crippen LogP contribution in [0.15, 0.2) is 189 Å². The van der Waals surface area contributed by atoms with Crippen LogP contribution in [-0.4, -0.2) is 85.2 Å². The molecule has 2 N–H and O–H groups in total. The van der Waals surface area contributed by atoms with Crippen LogP contribution in [0.5, 0.6) is 23.0 Å². The summed E-state index contributed by atoms with van der Waals surface area (Å²) >= 11 is 6.08. The molecular formula is C62H62N4O14PS+. The van der Waals surface area contributed by atoms with E-state index in [4.69, 9.17) is 58.7 Å². The van der Waals surface area contributed by atoms with Crippen LogP contribution >= 0.6 is 7.15 Å². The molecule has 2 aliphatic heterocycles. The summed E-state index contributed by atoms with van der Waals surface area (Å²) in [5, 5.41) is 0. The van der Waals surface area contributed by atoms with Crippen molar-refractivity contribution in [2.45, 2.75) is 74.8 Å². The summed E-state index contributed by atoms with van der Waals surface area (Å²) < 4.78 is 66.7. The Morgan fingerprint density at radius 2 is 0.854 bits per heavy atom. The van der Waals surface area contributed by atoms with E-state index in [2.05, 4.69) is 9.97 Å². The second kappa shape index (κ2) is 25.1. The molecule has 18 nitrogen and oxygen atoms in total. The number of benzene rings is 6. The highest BCUT2D eigenvalue weighted by molar-refractivity contribution is 8.00. The van der Waals surface area contributed by atoms with E-state index < -0.39 is 77.7 Å². The zero-order valence-corrected chi connectivity index (χ0v) is 47.6. The molecule has 0 radical (unpaired) electrons. The number of methoxy groups -OCH3 is 4. The first-order valence-corrected chi connectivity index (χ1v) is 28.7. The van der Waals surface area contributed by atoms with Crippen molar-refractivity contribution in [3.05, 3.63) is 256 Å². The minimum absolute atomic E-state index is 0.0985. The van der Waals surface area contributed by atoms with Crippen LogP contribution in [0.1, 0.15) is 69.8 Å². The standard InChI is InChI=1S/C62H61N4O14PS/c1-39-35-65(59(69)63-57(39)67)55-33-51(79-62(42-15-11-8-12-16-42,45-21-29-49(73-5)30-22-45)46-23-31-50(74-6)32-24-46)54(78-55)38-76-81(82)80-52-34-56(66-36-40(2)58(68)64-60(66)70)77-53(52)37-75-61(41-13-9-7-10-14-41,43-17-25-47(71-3)26-18-43)44-19-27-48(72-4)28-20-44/h7-32,35-36,51-56H,33-34,37-38H2,1-6H3,(H-,63,64,67,68,69,70)/p+1. The third-order valence-corrected chi connectivity index (χ3v) is 16.4. The first-order valence-electron chi connectivity index (χ1n) is 26.5. The normalized spacial score (nSPS) is 19.2. The Morgan fingerprint density at radius 1 is 0.500 bits per heavy atom. The molecule has 7 unspecified atom stereocenters. The second-order valence-corrected chi connectivity index (χ2v) is 21.6. The molecule has 0 spiro atoms. The first-order chi connectivity index (χ1) is 39.8. The van der Waals surface area contributed by atoms with E-state index >= 15 is 0 Å². The maximum Gasteiger partial charge on any atom is 0.522 e. The molecule has 2 aliphatic rings. The maximum atomic E-state index is 13.6. The second-order valence-electron chi connectivity index (χ2n) is 19.8. The van der Waals surface area contributed by atoms with E-state index in [9.17, 15) is 19.2 Å². The number of hydrogen-bond acceptors (Lipinski definition) is 15. The number of nitrogens with one attached hydrogen (secondary N) is 2. The highest BCUT2D eigenvalue weighted by Crippen LogP contribution is 2.48. The fourth-order valence-corrected chi connectivity index (χ4v) is 12.0. The van der Waals surface area contributed by atoms with Crippen LogP contribution in [0.4, 0.5) is 0 Å². The molecule has 424 valence electrons. The van der Waals surface area contributed by atoms with Gasteiger partial charge in [0.1, 0.15) is 71.6 Å². The molecule has 8 aromatic rings. The Balaban J connectivity index is 0.997. The van der Waals surface area contributed by atoms with Gasteiger partial charge in [0.05, 0.1) is 41.2 Å². The smallest absolute Gasteiger partial charge is 0.497 e. The summed E-state index contributed by atoms with van der Waals surface area (Å²) in [6.45, 7) is 2.94. The van der Waals surface area contributed by atoms with E-state index in [0.29, 0.717) is 34.1 Å². The number of nitrogens with zero attached hydrogens (tertiary/aromatic N) is 2. The van der Waals surface area contributed by atoms with Gasteiger partial charge in [-0.1, -0.05) is 109 Å². The van der Waals surface area contributed by atoms with Crippen molar-refractivity contribution in [1.29, 1.82) is 0 Å². The van der Waals surface area contributed by atoms with Gasteiger partial charge in [-0.2, -0.15) is 0 Å². The molecule has 7 atom stereocenters. The molecule has 0 amide bonds. The van der Waals surface area contributed by atoms with Gasteiger partial charge in [0.15, 0.2) is 0 Å². The quantitative estimate of drug-likeness (QED) is 0.0481. The summed E-state index contributed by atoms with van der Waals surface area (Å²) in [4.78, 5) is 57.1. The van der Waals surface area contributed by atoms with E-state index in [1.807, 2.05) is 158 Å². The zero-order chi connectivity index (χ0) is 57.5. The van der Waals surface area contributed by atoms with Gasteiger partial charge in [0.2, 0.25) is 11.8 Å². The van der Waals surface area contributed by atoms with Crippen molar-refractivity contribution < 1.29 is 46.9 Å². The minimum atomic E-state index is -2.21. The summed E-state index contributed by atoms with van der Waals surface area (Å²) in [7, 11) is 4.20. The minimum Gasteiger partial charge on any atom is -0.497 e. The fourth-order valence-electron chi connectivity index (χ4n) is 10.7. The average molecular weight is 1150 g/mol. The highest BCUT2D eigenvalue weighted by atomic mass is 32.4. The molecule has 20 heteroatoms. The predicted molar refractivity (Wildman–Crippen MR) is 310 cm³/mol. The van der Waals surface area contributed by atoms with Gasteiger partial charge >= 0.3 is 18.5 Å². The Bertz CT molecular complexity index is 3630. The van der Waals surface area contributed by atoms with E-state index in [1.54, 1.807) is 42.3 Å². The van der Waals surface area contributed by atoms with Crippen LogP contribution < -0.4 is 41.4 Å². The van der Waals surface area contributed by atoms with Crippen LogP contribution in [0.2, 0.25) is 0 Å². The molecule has 2 fully saturated rings. The first kappa shape index (κ1) is 57.4. The van der Waals surface area contributed by atoms with Crippen molar-refractivity contribution in [3.8, 4) is 23.0 Å². The van der Waals surface area contributed by atoms with E-state index in [0.717, 1.165) is 33.4 Å². The molecule has 10 rings (SSSR count). The predicted octanol–water partition coefficient (Wildman–Crippen LogP) is 8.87. The third-order valence-electron chi connectivity index (χ3n) is 15.0. The van der Waals surface area contributed by atoms with Crippen molar-refractivity contribution >= 4 is 19.0 Å². The largest absolute Gasteiger partial charge is 0.522 e. The van der Waals surface area contributed by atoms with Crippen molar-refractivity contribution in [2.24, 2.45) is 0 Å².